The number of rotatable bonds is 4. The summed E-state index contributed by atoms with van der Waals surface area (Å²) in [6.45, 7) is 0. The number of benzene rings is 6. The monoisotopic (exact) mass is 541 g/mol. The van der Waals surface area contributed by atoms with Crippen LogP contribution in [0.2, 0.25) is 0 Å². The Bertz CT molecular complexity index is 2130. The molecule has 0 aliphatic carbocycles. The molecule has 2 heterocycles. The molecular weight excluding hydrogens is 518 g/mol. The van der Waals surface area contributed by atoms with E-state index in [1.165, 1.54) is 15.5 Å². The van der Waals surface area contributed by atoms with E-state index in [-0.39, 0.29) is 0 Å². The molecule has 2 aromatic heterocycles. The minimum atomic E-state index is 0.714. The summed E-state index contributed by atoms with van der Waals surface area (Å²) in [4.78, 5) is 15.4. The van der Waals surface area contributed by atoms with Crippen molar-refractivity contribution in [3.8, 4) is 44.5 Å². The van der Waals surface area contributed by atoms with Crippen molar-refractivity contribution in [3.63, 3.8) is 0 Å². The molecule has 0 fully saturated rings. The van der Waals surface area contributed by atoms with Crippen LogP contribution in [0.15, 0.2) is 140 Å². The molecule has 0 bridgehead atoms. The Morgan fingerprint density at radius 3 is 1.73 bits per heavy atom. The molecule has 3 nitrogen and oxygen atoms in total. The summed E-state index contributed by atoms with van der Waals surface area (Å²) >= 11 is 1.74. The third kappa shape index (κ3) is 4.17. The van der Waals surface area contributed by atoms with Crippen molar-refractivity contribution < 1.29 is 0 Å². The molecule has 6 aromatic carbocycles. The molecule has 8 rings (SSSR count). The van der Waals surface area contributed by atoms with E-state index in [1.807, 2.05) is 42.5 Å². The van der Waals surface area contributed by atoms with Gasteiger partial charge in [0.25, 0.3) is 0 Å². The highest BCUT2D eigenvalue weighted by Crippen LogP contribution is 2.39. The van der Waals surface area contributed by atoms with E-state index < -0.39 is 0 Å². The quantitative estimate of drug-likeness (QED) is 0.208. The van der Waals surface area contributed by atoms with Gasteiger partial charge >= 0.3 is 0 Å². The van der Waals surface area contributed by atoms with Gasteiger partial charge in [0, 0.05) is 27.6 Å². The van der Waals surface area contributed by atoms with Crippen LogP contribution < -0.4 is 0 Å². The van der Waals surface area contributed by atoms with Crippen molar-refractivity contribution in [1.29, 1.82) is 0 Å². The molecule has 0 radical (unpaired) electrons. The van der Waals surface area contributed by atoms with Crippen molar-refractivity contribution in [1.82, 2.24) is 15.0 Å². The first-order valence-electron chi connectivity index (χ1n) is 13.6. The van der Waals surface area contributed by atoms with Gasteiger partial charge in [0.2, 0.25) is 0 Å². The van der Waals surface area contributed by atoms with Gasteiger partial charge in [0.05, 0.1) is 21.6 Å². The van der Waals surface area contributed by atoms with Crippen LogP contribution >= 0.6 is 11.3 Å². The molecule has 0 aliphatic heterocycles. The zero-order valence-corrected chi connectivity index (χ0v) is 22.8. The molecule has 0 spiro atoms. The third-order valence-electron chi connectivity index (χ3n) is 7.53. The van der Waals surface area contributed by atoms with E-state index in [1.54, 1.807) is 11.3 Å². The van der Waals surface area contributed by atoms with Gasteiger partial charge < -0.3 is 0 Å². The Morgan fingerprint density at radius 2 is 1.07 bits per heavy atom. The van der Waals surface area contributed by atoms with Crippen LogP contribution in [0, 0.1) is 0 Å². The predicted octanol–water partition coefficient (Wildman–Crippen LogP) is 10.1. The van der Waals surface area contributed by atoms with Crippen LogP contribution in [0.4, 0.5) is 0 Å². The van der Waals surface area contributed by atoms with Gasteiger partial charge in [-0.15, -0.1) is 11.3 Å². The maximum atomic E-state index is 5.16. The van der Waals surface area contributed by atoms with E-state index in [0.717, 1.165) is 54.9 Å². The number of hydrogen-bond acceptors (Lipinski definition) is 4. The summed E-state index contributed by atoms with van der Waals surface area (Å²) in [5.41, 5.74) is 7.13. The number of nitrogens with zero attached hydrogens (tertiary/aromatic N) is 3. The van der Waals surface area contributed by atoms with Crippen LogP contribution in [-0.2, 0) is 0 Å². The minimum Gasteiger partial charge on any atom is -0.235 e. The molecule has 0 aliphatic rings. The predicted molar refractivity (Wildman–Crippen MR) is 172 cm³/mol. The van der Waals surface area contributed by atoms with Crippen LogP contribution in [0.1, 0.15) is 0 Å². The number of thiazole rings is 1. The lowest BCUT2D eigenvalue weighted by Crippen LogP contribution is -1.96. The van der Waals surface area contributed by atoms with Crippen LogP contribution in [0.5, 0.6) is 0 Å². The molecular formula is C37H23N3S. The normalized spacial score (nSPS) is 11.4. The molecule has 192 valence electrons. The van der Waals surface area contributed by atoms with Gasteiger partial charge in [-0.05, 0) is 28.3 Å². The molecule has 0 unspecified atom stereocenters. The van der Waals surface area contributed by atoms with Gasteiger partial charge in [-0.1, -0.05) is 127 Å². The Morgan fingerprint density at radius 1 is 0.463 bits per heavy atom. The average Bonchev–Trinajstić information content (AvgIpc) is 3.50. The number of fused-ring (bicyclic) bond motifs is 5. The minimum absolute atomic E-state index is 0.714. The summed E-state index contributed by atoms with van der Waals surface area (Å²) in [7, 11) is 0. The van der Waals surface area contributed by atoms with Crippen molar-refractivity contribution in [2.75, 3.05) is 0 Å². The summed E-state index contributed by atoms with van der Waals surface area (Å²) in [6, 6.07) is 48.4. The summed E-state index contributed by atoms with van der Waals surface area (Å²) < 4.78 is 1.18. The maximum Gasteiger partial charge on any atom is 0.161 e. The van der Waals surface area contributed by atoms with Crippen molar-refractivity contribution >= 4 is 43.1 Å². The van der Waals surface area contributed by atoms with E-state index in [2.05, 4.69) is 97.1 Å². The first-order chi connectivity index (χ1) is 20.3. The van der Waals surface area contributed by atoms with Crippen molar-refractivity contribution in [2.45, 2.75) is 0 Å². The highest BCUT2D eigenvalue weighted by atomic mass is 32.1. The molecule has 0 saturated carbocycles. The lowest BCUT2D eigenvalue weighted by molar-refractivity contribution is 1.19. The lowest BCUT2D eigenvalue weighted by Gasteiger charge is -2.12. The highest BCUT2D eigenvalue weighted by molar-refractivity contribution is 7.21. The number of hydrogen-bond donors (Lipinski definition) is 0. The molecule has 0 saturated heterocycles. The van der Waals surface area contributed by atoms with Gasteiger partial charge in [0.15, 0.2) is 5.82 Å². The zero-order valence-electron chi connectivity index (χ0n) is 22.0. The molecule has 4 heteroatoms. The fourth-order valence-corrected chi connectivity index (χ4v) is 6.53. The second kappa shape index (κ2) is 9.77. The van der Waals surface area contributed by atoms with Crippen molar-refractivity contribution in [3.05, 3.63) is 140 Å². The fourth-order valence-electron chi connectivity index (χ4n) is 5.55. The van der Waals surface area contributed by atoms with E-state index in [0.29, 0.717) is 5.82 Å². The first kappa shape index (κ1) is 23.7. The van der Waals surface area contributed by atoms with Gasteiger partial charge in [-0.3, -0.25) is 0 Å². The Kier molecular flexibility index (Phi) is 5.64. The average molecular weight is 542 g/mol. The van der Waals surface area contributed by atoms with E-state index in [4.69, 9.17) is 15.0 Å². The van der Waals surface area contributed by atoms with E-state index >= 15 is 0 Å². The smallest absolute Gasteiger partial charge is 0.161 e. The van der Waals surface area contributed by atoms with Crippen LogP contribution in [-0.4, -0.2) is 15.0 Å². The Balaban J connectivity index is 1.38. The second-order valence-electron chi connectivity index (χ2n) is 10.1. The van der Waals surface area contributed by atoms with Crippen molar-refractivity contribution in [2.24, 2.45) is 0 Å². The number of aromatic nitrogens is 3. The summed E-state index contributed by atoms with van der Waals surface area (Å²) in [5.74, 6) is 0.714. The summed E-state index contributed by atoms with van der Waals surface area (Å²) in [5, 5.41) is 5.66. The largest absolute Gasteiger partial charge is 0.235 e. The molecule has 0 atom stereocenters. The van der Waals surface area contributed by atoms with Gasteiger partial charge in [0.1, 0.15) is 5.01 Å². The SMILES string of the molecule is c1ccc(-c2cc(-c3ccccc3)nc(-c3cccc4c3ccc3ccc5sc(-c6ccccc6)nc5c34)n2)cc1. The van der Waals surface area contributed by atoms with Gasteiger partial charge in [-0.2, -0.15) is 0 Å². The molecule has 0 amide bonds. The first-order valence-corrected chi connectivity index (χ1v) is 14.4. The second-order valence-corrected chi connectivity index (χ2v) is 11.1. The topological polar surface area (TPSA) is 38.7 Å². The zero-order chi connectivity index (χ0) is 27.2. The van der Waals surface area contributed by atoms with E-state index in [9.17, 15) is 0 Å². The molecule has 0 N–H and O–H groups in total. The van der Waals surface area contributed by atoms with Gasteiger partial charge in [-0.25, -0.2) is 15.0 Å². The maximum absolute atomic E-state index is 5.16. The third-order valence-corrected chi connectivity index (χ3v) is 8.59. The Labute approximate surface area is 241 Å². The summed E-state index contributed by atoms with van der Waals surface area (Å²) in [6.07, 6.45) is 0. The van der Waals surface area contributed by atoms with Crippen LogP contribution in [0.3, 0.4) is 0 Å². The molecule has 41 heavy (non-hydrogen) atoms. The Hall–Kier alpha value is -5.19. The standard InChI is InChI=1S/C37H23N3S/c1-4-11-24(12-5-1)31-23-32(25-13-6-2-7-14-25)39-36(38-31)30-18-10-17-29-28(30)21-19-26-20-22-33-35(34(26)29)40-37(41-33)27-15-8-3-9-16-27/h1-23H. The lowest BCUT2D eigenvalue weighted by atomic mass is 9.97. The van der Waals surface area contributed by atoms with Crippen LogP contribution in [0.25, 0.3) is 76.2 Å². The fraction of sp³-hybridized carbons (Fsp3) is 0. The highest BCUT2D eigenvalue weighted by Gasteiger charge is 2.16. The molecule has 8 aromatic rings.